The molecule has 0 saturated heterocycles. The van der Waals surface area contributed by atoms with Crippen LogP contribution in [0.1, 0.15) is 43.0 Å². The Kier molecular flexibility index (Phi) is 5.28. The van der Waals surface area contributed by atoms with Gasteiger partial charge in [0.2, 0.25) is 0 Å². The zero-order valence-electron chi connectivity index (χ0n) is 11.8. The Morgan fingerprint density at radius 3 is 2.67 bits per heavy atom. The number of nitrogens with two attached hydrogens (primary N) is 1. The first kappa shape index (κ1) is 16.7. The van der Waals surface area contributed by atoms with Crippen molar-refractivity contribution < 1.29 is 4.79 Å². The minimum absolute atomic E-state index is 0.233. The molecule has 0 spiro atoms. The van der Waals surface area contributed by atoms with Gasteiger partial charge in [0.15, 0.2) is 0 Å². The minimum Gasteiger partial charge on any atom is -0.391 e. The fourth-order valence-corrected chi connectivity index (χ4v) is 3.46. The van der Waals surface area contributed by atoms with E-state index >= 15 is 0 Å². The highest BCUT2D eigenvalue weighted by Crippen LogP contribution is 2.33. The van der Waals surface area contributed by atoms with E-state index in [0.717, 1.165) is 30.2 Å². The molecule has 1 saturated carbocycles. The van der Waals surface area contributed by atoms with E-state index in [1.807, 2.05) is 0 Å². The monoisotopic (exact) mass is 388 g/mol. The Morgan fingerprint density at radius 1 is 1.48 bits per heavy atom. The van der Waals surface area contributed by atoms with Crippen molar-refractivity contribution in [2.75, 3.05) is 0 Å². The number of rotatable bonds is 3. The van der Waals surface area contributed by atoms with Gasteiger partial charge in [0.25, 0.3) is 5.91 Å². The maximum atomic E-state index is 12.5. The number of carbonyl (C=O) groups is 1. The summed E-state index contributed by atoms with van der Waals surface area (Å²) < 4.78 is 0.804. The maximum absolute atomic E-state index is 12.5. The highest BCUT2D eigenvalue weighted by molar-refractivity contribution is 9.10. The molecule has 0 unspecified atom stereocenters. The predicted molar refractivity (Wildman–Crippen MR) is 93.8 cm³/mol. The van der Waals surface area contributed by atoms with Gasteiger partial charge in [0, 0.05) is 4.47 Å². The summed E-state index contributed by atoms with van der Waals surface area (Å²) in [6.45, 7) is 2.20. The summed E-state index contributed by atoms with van der Waals surface area (Å²) in [7, 11) is 0. The summed E-state index contributed by atoms with van der Waals surface area (Å²) in [6.07, 6.45) is 3.56. The van der Waals surface area contributed by atoms with Crippen molar-refractivity contribution in [3.63, 3.8) is 0 Å². The van der Waals surface area contributed by atoms with Crippen molar-refractivity contribution in [2.45, 2.75) is 38.1 Å². The van der Waals surface area contributed by atoms with Crippen molar-refractivity contribution >= 4 is 50.6 Å². The van der Waals surface area contributed by atoms with Crippen LogP contribution in [0.2, 0.25) is 5.02 Å². The van der Waals surface area contributed by atoms with Crippen molar-refractivity contribution in [3.05, 3.63) is 33.3 Å². The van der Waals surface area contributed by atoms with E-state index in [2.05, 4.69) is 28.2 Å². The molecule has 1 fully saturated rings. The first-order valence-corrected chi connectivity index (χ1v) is 8.49. The Balaban J connectivity index is 2.23. The van der Waals surface area contributed by atoms with Gasteiger partial charge in [0.05, 0.1) is 21.1 Å². The standard InChI is InChI=1S/C15H18BrClN2OS/c1-9-4-6-15(7-5-9,14(18)21)19-13(20)11-8-10(16)2-3-12(11)17/h2-3,8-9H,4-7H2,1H3,(H2,18,21)(H,19,20). The highest BCUT2D eigenvalue weighted by Gasteiger charge is 2.38. The number of thiocarbonyl (C=S) groups is 1. The number of hydrogen-bond acceptors (Lipinski definition) is 2. The lowest BCUT2D eigenvalue weighted by Gasteiger charge is -2.39. The third-order valence-corrected chi connectivity index (χ3v) is 5.34. The van der Waals surface area contributed by atoms with Crippen LogP contribution in [-0.4, -0.2) is 16.4 Å². The molecule has 2 rings (SSSR count). The molecule has 1 amide bonds. The van der Waals surface area contributed by atoms with Gasteiger partial charge in [-0.2, -0.15) is 0 Å². The first-order chi connectivity index (χ1) is 9.84. The smallest absolute Gasteiger partial charge is 0.253 e. The van der Waals surface area contributed by atoms with E-state index in [1.165, 1.54) is 0 Å². The van der Waals surface area contributed by atoms with Gasteiger partial charge in [-0.15, -0.1) is 0 Å². The molecule has 0 aromatic heterocycles. The van der Waals surface area contributed by atoms with Gasteiger partial charge in [-0.3, -0.25) is 4.79 Å². The molecule has 3 nitrogen and oxygen atoms in total. The summed E-state index contributed by atoms with van der Waals surface area (Å²) >= 11 is 14.7. The second kappa shape index (κ2) is 6.63. The van der Waals surface area contributed by atoms with Crippen LogP contribution in [0.15, 0.2) is 22.7 Å². The number of nitrogens with one attached hydrogen (secondary N) is 1. The third kappa shape index (κ3) is 3.76. The van der Waals surface area contributed by atoms with Crippen LogP contribution >= 0.6 is 39.7 Å². The molecule has 3 N–H and O–H groups in total. The fourth-order valence-electron chi connectivity index (χ4n) is 2.64. The summed E-state index contributed by atoms with van der Waals surface area (Å²) in [4.78, 5) is 12.9. The Bertz CT molecular complexity index is 571. The van der Waals surface area contributed by atoms with E-state index in [-0.39, 0.29) is 5.91 Å². The predicted octanol–water partition coefficient (Wildman–Crippen LogP) is 4.07. The molecule has 0 atom stereocenters. The normalized spacial score (nSPS) is 25.4. The average Bonchev–Trinajstić information content (AvgIpc) is 2.44. The van der Waals surface area contributed by atoms with Crippen LogP contribution in [-0.2, 0) is 0 Å². The third-order valence-electron chi connectivity index (χ3n) is 4.13. The molecule has 0 aliphatic heterocycles. The molecular weight excluding hydrogens is 372 g/mol. The lowest BCUT2D eigenvalue weighted by Crippen LogP contribution is -2.58. The Labute approximate surface area is 143 Å². The van der Waals surface area contributed by atoms with E-state index in [4.69, 9.17) is 29.6 Å². The molecule has 21 heavy (non-hydrogen) atoms. The second-order valence-electron chi connectivity index (χ2n) is 5.71. The molecule has 1 aromatic rings. The van der Waals surface area contributed by atoms with Crippen LogP contribution in [0.3, 0.4) is 0 Å². The van der Waals surface area contributed by atoms with Crippen LogP contribution < -0.4 is 11.1 Å². The van der Waals surface area contributed by atoms with Crippen LogP contribution in [0.4, 0.5) is 0 Å². The summed E-state index contributed by atoms with van der Waals surface area (Å²) in [6, 6.07) is 5.19. The molecule has 1 aliphatic carbocycles. The van der Waals surface area contributed by atoms with Crippen molar-refractivity contribution in [3.8, 4) is 0 Å². The summed E-state index contributed by atoms with van der Waals surface area (Å²) in [5, 5.41) is 3.44. The largest absolute Gasteiger partial charge is 0.391 e. The number of benzene rings is 1. The van der Waals surface area contributed by atoms with E-state index in [1.54, 1.807) is 18.2 Å². The molecule has 0 bridgehead atoms. The molecular formula is C15H18BrClN2OS. The fraction of sp³-hybridized carbons (Fsp3) is 0.467. The summed E-state index contributed by atoms with van der Waals surface area (Å²) in [5.41, 5.74) is 5.75. The maximum Gasteiger partial charge on any atom is 0.253 e. The molecule has 114 valence electrons. The van der Waals surface area contributed by atoms with E-state index < -0.39 is 5.54 Å². The van der Waals surface area contributed by atoms with Gasteiger partial charge in [-0.25, -0.2) is 0 Å². The minimum atomic E-state index is -0.593. The van der Waals surface area contributed by atoms with Gasteiger partial charge in [-0.05, 0) is 49.8 Å². The number of carbonyl (C=O) groups excluding carboxylic acids is 1. The molecule has 1 aliphatic rings. The van der Waals surface area contributed by atoms with Gasteiger partial charge in [0.1, 0.15) is 0 Å². The Morgan fingerprint density at radius 2 is 2.10 bits per heavy atom. The van der Waals surface area contributed by atoms with Crippen LogP contribution in [0.5, 0.6) is 0 Å². The SMILES string of the molecule is CC1CCC(NC(=O)c2cc(Br)ccc2Cl)(C(N)=S)CC1. The molecule has 0 heterocycles. The van der Waals surface area contributed by atoms with Gasteiger partial charge in [-0.1, -0.05) is 46.7 Å². The first-order valence-electron chi connectivity index (χ1n) is 6.91. The lowest BCUT2D eigenvalue weighted by atomic mass is 9.77. The van der Waals surface area contributed by atoms with Gasteiger partial charge >= 0.3 is 0 Å². The topological polar surface area (TPSA) is 55.1 Å². The number of halogens is 2. The highest BCUT2D eigenvalue weighted by atomic mass is 79.9. The zero-order chi connectivity index (χ0) is 15.6. The molecule has 0 radical (unpaired) electrons. The Hall–Kier alpha value is -0.650. The molecule has 1 aromatic carbocycles. The van der Waals surface area contributed by atoms with Gasteiger partial charge < -0.3 is 11.1 Å². The van der Waals surface area contributed by atoms with E-state index in [9.17, 15) is 4.79 Å². The number of amides is 1. The average molecular weight is 390 g/mol. The van der Waals surface area contributed by atoms with Crippen LogP contribution in [0.25, 0.3) is 0 Å². The number of hydrogen-bond donors (Lipinski definition) is 2. The second-order valence-corrected chi connectivity index (χ2v) is 7.47. The summed E-state index contributed by atoms with van der Waals surface area (Å²) in [5.74, 6) is 0.405. The lowest BCUT2D eigenvalue weighted by molar-refractivity contribution is 0.0901. The van der Waals surface area contributed by atoms with Crippen molar-refractivity contribution in [1.82, 2.24) is 5.32 Å². The van der Waals surface area contributed by atoms with Crippen LogP contribution in [0, 0.1) is 5.92 Å². The molecule has 6 heteroatoms. The zero-order valence-corrected chi connectivity index (χ0v) is 14.9. The van der Waals surface area contributed by atoms with E-state index in [0.29, 0.717) is 21.5 Å². The quantitative estimate of drug-likeness (QED) is 0.766. The van der Waals surface area contributed by atoms with Crippen molar-refractivity contribution in [1.29, 1.82) is 0 Å². The van der Waals surface area contributed by atoms with Crippen molar-refractivity contribution in [2.24, 2.45) is 11.7 Å².